The summed E-state index contributed by atoms with van der Waals surface area (Å²) in [6.45, 7) is 8.40. The van der Waals surface area contributed by atoms with Crippen LogP contribution in [0.4, 0.5) is 0 Å². The highest BCUT2D eigenvalue weighted by Gasteiger charge is 2.56. The van der Waals surface area contributed by atoms with Gasteiger partial charge in [0, 0.05) is 12.8 Å². The molecule has 4 rings (SSSR count). The molecule has 210 valence electrons. The number of fused-ring (bicyclic) bond motifs is 2. The van der Waals surface area contributed by atoms with Crippen molar-refractivity contribution in [1.82, 2.24) is 0 Å². The number of rotatable bonds is 6. The molecule has 0 amide bonds. The maximum atomic E-state index is 8.93. The number of carbonyl (C=O) groups excluding carboxylic acids is 2. The molecule has 2 aliphatic heterocycles. The van der Waals surface area contributed by atoms with E-state index in [2.05, 4.69) is 11.5 Å². The van der Waals surface area contributed by atoms with E-state index in [1.165, 1.54) is 0 Å². The Kier molecular flexibility index (Phi) is 11.0. The number of hydrogen-bond acceptors (Lipinski definition) is 12. The van der Waals surface area contributed by atoms with Gasteiger partial charge in [0.15, 0.2) is 11.6 Å². The molecule has 2 saturated heterocycles. The van der Waals surface area contributed by atoms with Crippen LogP contribution in [0, 0.1) is 0 Å². The number of carbonyl (C=O) groups is 2. The van der Waals surface area contributed by atoms with E-state index in [-0.39, 0.29) is 61.9 Å². The van der Waals surface area contributed by atoms with Crippen molar-refractivity contribution in [3.05, 3.63) is 0 Å². The summed E-state index contributed by atoms with van der Waals surface area (Å²) in [4.78, 5) is 17.9. The second kappa shape index (κ2) is 12.9. The molecule has 14 nitrogen and oxygen atoms in total. The molecule has 0 radical (unpaired) electrons. The Labute approximate surface area is 209 Å². The molecular weight excluding hydrogens is 484 g/mol. The van der Waals surface area contributed by atoms with Crippen LogP contribution in [0.1, 0.15) is 40.5 Å². The first kappa shape index (κ1) is 30.8. The lowest BCUT2D eigenvalue weighted by Crippen LogP contribution is -2.65. The molecule has 8 atom stereocenters. The van der Waals surface area contributed by atoms with Gasteiger partial charge in [-0.2, -0.15) is 0 Å². The molecular formula is C22H40N2O12. The second-order valence-electron chi connectivity index (χ2n) is 9.96. The van der Waals surface area contributed by atoms with E-state index in [9.17, 15) is 0 Å². The normalized spacial score (nSPS) is 37.2. The van der Waals surface area contributed by atoms with Crippen molar-refractivity contribution in [3.8, 4) is 0 Å². The molecule has 0 aromatic rings. The van der Waals surface area contributed by atoms with Gasteiger partial charge in [-0.3, -0.25) is 0 Å². The molecule has 0 unspecified atom stereocenters. The Morgan fingerprint density at radius 3 is 1.33 bits per heavy atom. The van der Waals surface area contributed by atoms with Crippen LogP contribution in [0.2, 0.25) is 0 Å². The van der Waals surface area contributed by atoms with E-state index in [1.807, 2.05) is 27.7 Å². The van der Waals surface area contributed by atoms with Crippen LogP contribution in [0.5, 0.6) is 0 Å². The zero-order chi connectivity index (χ0) is 27.3. The highest BCUT2D eigenvalue weighted by Crippen LogP contribution is 2.39. The minimum atomic E-state index is -2.19. The first-order valence-electron chi connectivity index (χ1n) is 12.0. The average molecular weight is 525 g/mol. The smallest absolute Gasteiger partial charge is 0.164 e. The van der Waals surface area contributed by atoms with Gasteiger partial charge >= 0.3 is 0 Å². The number of carboxylic acids is 2. The van der Waals surface area contributed by atoms with Gasteiger partial charge in [0.1, 0.15) is 36.5 Å². The fourth-order valence-electron chi connectivity index (χ4n) is 4.81. The predicted octanol–water partition coefficient (Wildman–Crippen LogP) is -5.72. The standard InChI is InChI=1S/2C10H19NO4.C2H2O4/c2*1-10(2)14-8-6(11)5-7(9(8)15-10)13-4-3-12;3-1(4)2(5)6/h2*6-9,12H,3-5,11H2,1-2H3;(H,3,4)(H,5,6)/t2*6-,7+,8+,9-;/m11./s1. The third kappa shape index (κ3) is 8.28. The molecule has 0 spiro atoms. The number of carboxylic acid groups (broad SMARTS) is 2. The van der Waals surface area contributed by atoms with E-state index in [1.54, 1.807) is 0 Å². The van der Waals surface area contributed by atoms with Crippen molar-refractivity contribution in [2.45, 2.75) is 101 Å². The number of hydrogen-bond donors (Lipinski definition) is 4. The monoisotopic (exact) mass is 524 g/mol. The Bertz CT molecular complexity index is 676. The number of aliphatic carboxylic acids is 2. The van der Waals surface area contributed by atoms with Crippen molar-refractivity contribution < 1.29 is 69.9 Å². The summed E-state index contributed by atoms with van der Waals surface area (Å²) in [7, 11) is 0. The average Bonchev–Trinajstić information content (AvgIpc) is 3.45. The molecule has 4 aliphatic rings. The van der Waals surface area contributed by atoms with Gasteiger partial charge in [-0.25, -0.2) is 0 Å². The number of ether oxygens (including phenoxy) is 6. The topological polar surface area (TPSA) is 231 Å². The third-order valence-electron chi connectivity index (χ3n) is 6.07. The molecule has 8 N–H and O–H groups in total. The van der Waals surface area contributed by atoms with Gasteiger partial charge in [0.2, 0.25) is 0 Å². The Balaban J connectivity index is 0.000000208. The van der Waals surface area contributed by atoms with Gasteiger partial charge in [0.05, 0.1) is 50.6 Å². The molecule has 4 fully saturated rings. The van der Waals surface area contributed by atoms with Crippen LogP contribution >= 0.6 is 0 Å². The van der Waals surface area contributed by atoms with Gasteiger partial charge in [0.25, 0.3) is 0 Å². The van der Waals surface area contributed by atoms with Gasteiger partial charge in [-0.1, -0.05) is 0 Å². The molecule has 2 saturated carbocycles. The van der Waals surface area contributed by atoms with E-state index in [0.717, 1.165) is 12.8 Å². The second-order valence-corrected chi connectivity index (χ2v) is 9.96. The Hall–Kier alpha value is -1.46. The van der Waals surface area contributed by atoms with Crippen molar-refractivity contribution in [2.24, 2.45) is 0 Å². The van der Waals surface area contributed by atoms with Crippen molar-refractivity contribution in [3.63, 3.8) is 0 Å². The molecule has 2 aliphatic carbocycles. The number of aliphatic hydroxyl groups excluding tert-OH is 2. The lowest BCUT2D eigenvalue weighted by molar-refractivity contribution is -0.436. The lowest BCUT2D eigenvalue weighted by Gasteiger charge is -2.21. The fraction of sp³-hybridized carbons (Fsp3) is 0.909. The Morgan fingerprint density at radius 2 is 1.06 bits per heavy atom. The van der Waals surface area contributed by atoms with Crippen LogP contribution in [-0.2, 0) is 38.0 Å². The van der Waals surface area contributed by atoms with Gasteiger partial charge < -0.3 is 69.9 Å². The van der Waals surface area contributed by atoms with E-state index < -0.39 is 23.5 Å². The Morgan fingerprint density at radius 1 is 0.750 bits per heavy atom. The quantitative estimate of drug-likeness (QED) is 0.238. The molecule has 0 aromatic carbocycles. The van der Waals surface area contributed by atoms with E-state index in [0.29, 0.717) is 13.2 Å². The minimum Gasteiger partial charge on any atom is -0.543 e. The summed E-state index contributed by atoms with van der Waals surface area (Å²) >= 11 is 0. The minimum absolute atomic E-state index is 0.00595. The fourth-order valence-corrected chi connectivity index (χ4v) is 4.81. The number of quaternary nitrogens is 2. The maximum Gasteiger partial charge on any atom is 0.164 e. The molecule has 2 heterocycles. The molecule has 36 heavy (non-hydrogen) atoms. The van der Waals surface area contributed by atoms with Crippen molar-refractivity contribution in [1.29, 1.82) is 0 Å². The van der Waals surface area contributed by atoms with E-state index in [4.69, 9.17) is 58.4 Å². The van der Waals surface area contributed by atoms with Crippen LogP contribution in [-0.4, -0.2) is 109 Å². The summed E-state index contributed by atoms with van der Waals surface area (Å²) in [5.41, 5.74) is 8.11. The first-order valence-corrected chi connectivity index (χ1v) is 12.0. The van der Waals surface area contributed by atoms with E-state index >= 15 is 0 Å². The summed E-state index contributed by atoms with van der Waals surface area (Å²) in [6.07, 6.45) is 1.69. The molecule has 0 aromatic heterocycles. The molecule has 0 bridgehead atoms. The largest absolute Gasteiger partial charge is 0.543 e. The number of aliphatic hydroxyl groups is 2. The van der Waals surface area contributed by atoms with Crippen molar-refractivity contribution in [2.75, 3.05) is 26.4 Å². The molecule has 14 heteroatoms. The predicted molar refractivity (Wildman–Crippen MR) is 114 cm³/mol. The highest BCUT2D eigenvalue weighted by molar-refractivity contribution is 6.25. The van der Waals surface area contributed by atoms with Crippen LogP contribution in [0.15, 0.2) is 0 Å². The van der Waals surface area contributed by atoms with Crippen LogP contribution in [0.3, 0.4) is 0 Å². The first-order chi connectivity index (χ1) is 16.7. The summed E-state index contributed by atoms with van der Waals surface area (Å²) in [5.74, 6) is -5.44. The SMILES string of the molecule is CC1(C)O[C@@H]2[C@H](O1)[C@@H](OCCO)C[C@H]2[NH3+].CC1(C)O[C@@H]2[C@H](O1)[C@@H](OCCO)C[C@H]2[NH3+].O=C([O-])C(=O)[O-]. The maximum absolute atomic E-state index is 8.93. The third-order valence-corrected chi connectivity index (χ3v) is 6.07. The zero-order valence-corrected chi connectivity index (χ0v) is 21.3. The lowest BCUT2D eigenvalue weighted by atomic mass is 10.2. The van der Waals surface area contributed by atoms with Gasteiger partial charge in [-0.05, 0) is 27.7 Å². The highest BCUT2D eigenvalue weighted by atomic mass is 16.8. The van der Waals surface area contributed by atoms with Crippen LogP contribution in [0.25, 0.3) is 0 Å². The summed E-state index contributed by atoms with van der Waals surface area (Å²) in [6, 6.07) is 0.418. The summed E-state index contributed by atoms with van der Waals surface area (Å²) in [5, 5.41) is 35.3. The summed E-state index contributed by atoms with van der Waals surface area (Å²) < 4.78 is 34.2. The zero-order valence-electron chi connectivity index (χ0n) is 21.3. The van der Waals surface area contributed by atoms with Gasteiger partial charge in [-0.15, -0.1) is 0 Å². The van der Waals surface area contributed by atoms with Crippen LogP contribution < -0.4 is 21.7 Å². The van der Waals surface area contributed by atoms with Crippen molar-refractivity contribution >= 4 is 11.9 Å².